The quantitative estimate of drug-likeness (QED) is 0.679. The number of nitrogens with one attached hydrogen (secondary N) is 2. The molecule has 0 atom stereocenters. The van der Waals surface area contributed by atoms with E-state index in [1.807, 2.05) is 17.5 Å². The van der Waals surface area contributed by atoms with Crippen LogP contribution in [0, 0.1) is 5.82 Å². The van der Waals surface area contributed by atoms with Gasteiger partial charge < -0.3 is 10.6 Å². The second kappa shape index (κ2) is 7.19. The first kappa shape index (κ1) is 15.4. The number of pyridine rings is 1. The molecule has 0 aliphatic carbocycles. The fourth-order valence-electron chi connectivity index (χ4n) is 2.26. The third kappa shape index (κ3) is 3.84. The summed E-state index contributed by atoms with van der Waals surface area (Å²) in [4.78, 5) is 16.2. The molecule has 3 aromatic rings. The number of hydrogen-bond acceptors (Lipinski definition) is 4. The van der Waals surface area contributed by atoms with E-state index in [-0.39, 0.29) is 5.91 Å². The minimum absolute atomic E-state index is 0.256. The Morgan fingerprint density at radius 1 is 1.22 bits per heavy atom. The molecule has 3 rings (SSSR count). The Hall–Kier alpha value is -2.47. The van der Waals surface area contributed by atoms with Crippen LogP contribution in [0.1, 0.15) is 16.8 Å². The Morgan fingerprint density at radius 3 is 3.00 bits per heavy atom. The van der Waals surface area contributed by atoms with Gasteiger partial charge in [0.25, 0.3) is 5.91 Å². The average molecular weight is 329 g/mol. The Labute approximate surface area is 137 Å². The Bertz CT molecular complexity index is 818. The molecule has 0 spiro atoms. The highest BCUT2D eigenvalue weighted by molar-refractivity contribution is 7.17. The third-order valence-electron chi connectivity index (χ3n) is 3.39. The second-order valence-electron chi connectivity index (χ2n) is 5.04. The summed E-state index contributed by atoms with van der Waals surface area (Å²) in [6, 6.07) is 9.62. The van der Waals surface area contributed by atoms with Crippen LogP contribution in [0.2, 0.25) is 0 Å². The number of anilines is 1. The van der Waals surface area contributed by atoms with Gasteiger partial charge in [0.15, 0.2) is 0 Å². The summed E-state index contributed by atoms with van der Waals surface area (Å²) < 4.78 is 14.2. The molecule has 0 radical (unpaired) electrons. The zero-order chi connectivity index (χ0) is 16.1. The van der Waals surface area contributed by atoms with Crippen LogP contribution in [0.4, 0.5) is 10.1 Å². The van der Waals surface area contributed by atoms with Crippen molar-refractivity contribution in [1.82, 2.24) is 10.3 Å². The number of hydrogen-bond donors (Lipinski definition) is 2. The molecule has 0 saturated heterocycles. The van der Waals surface area contributed by atoms with Crippen LogP contribution in [-0.4, -0.2) is 24.0 Å². The van der Waals surface area contributed by atoms with E-state index in [0.717, 1.165) is 28.9 Å². The molecule has 0 unspecified atom stereocenters. The van der Waals surface area contributed by atoms with Gasteiger partial charge in [-0.05, 0) is 42.1 Å². The first-order valence-electron chi connectivity index (χ1n) is 7.34. The monoisotopic (exact) mass is 329 g/mol. The molecule has 23 heavy (non-hydrogen) atoms. The minimum Gasteiger partial charge on any atom is -0.384 e. The summed E-state index contributed by atoms with van der Waals surface area (Å²) in [7, 11) is 0. The Morgan fingerprint density at radius 2 is 2.13 bits per heavy atom. The van der Waals surface area contributed by atoms with Crippen molar-refractivity contribution in [2.45, 2.75) is 6.42 Å². The van der Waals surface area contributed by atoms with Crippen molar-refractivity contribution in [1.29, 1.82) is 0 Å². The number of nitrogens with zero attached hydrogens (tertiary/aromatic N) is 1. The number of thiophene rings is 1. The highest BCUT2D eigenvalue weighted by Crippen LogP contribution is 2.26. The Balaban J connectivity index is 1.45. The normalized spacial score (nSPS) is 10.7. The molecule has 0 saturated carbocycles. The lowest BCUT2D eigenvalue weighted by Crippen LogP contribution is -2.25. The first-order valence-corrected chi connectivity index (χ1v) is 8.22. The number of fused-ring (bicyclic) bond motifs is 1. The molecular weight excluding hydrogens is 313 g/mol. The van der Waals surface area contributed by atoms with Crippen molar-refractivity contribution in [2.24, 2.45) is 0 Å². The van der Waals surface area contributed by atoms with E-state index in [0.29, 0.717) is 12.1 Å². The maximum Gasteiger partial charge on any atom is 0.251 e. The highest BCUT2D eigenvalue weighted by atomic mass is 32.1. The zero-order valence-corrected chi connectivity index (χ0v) is 13.2. The van der Waals surface area contributed by atoms with Gasteiger partial charge in [-0.15, -0.1) is 11.3 Å². The summed E-state index contributed by atoms with van der Waals surface area (Å²) in [6.07, 6.45) is 2.55. The topological polar surface area (TPSA) is 54.0 Å². The van der Waals surface area contributed by atoms with E-state index in [9.17, 15) is 9.18 Å². The number of amides is 1. The minimum atomic E-state index is -0.406. The molecule has 4 nitrogen and oxygen atoms in total. The number of aromatic nitrogens is 1. The molecule has 0 fully saturated rings. The SMILES string of the molecule is O=C(NCCCNc1ccnc2ccsc12)c1cccc(F)c1. The van der Waals surface area contributed by atoms with E-state index in [1.165, 1.54) is 18.2 Å². The van der Waals surface area contributed by atoms with Gasteiger partial charge in [-0.2, -0.15) is 0 Å². The maximum atomic E-state index is 13.1. The van der Waals surface area contributed by atoms with Crippen LogP contribution in [-0.2, 0) is 0 Å². The van der Waals surface area contributed by atoms with Gasteiger partial charge in [0, 0.05) is 24.8 Å². The lowest BCUT2D eigenvalue weighted by Gasteiger charge is -2.08. The standard InChI is InChI=1S/C17H16FN3OS/c18-13-4-1-3-12(11-13)17(22)21-8-2-7-19-14-5-9-20-15-6-10-23-16(14)15/h1,3-6,9-11H,2,7-8H2,(H,19,20)(H,21,22). The highest BCUT2D eigenvalue weighted by Gasteiger charge is 2.06. The molecule has 2 heterocycles. The van der Waals surface area contributed by atoms with Crippen LogP contribution in [0.25, 0.3) is 10.2 Å². The predicted octanol–water partition coefficient (Wildman–Crippen LogP) is 3.67. The lowest BCUT2D eigenvalue weighted by atomic mass is 10.2. The van der Waals surface area contributed by atoms with Crippen molar-refractivity contribution >= 4 is 33.1 Å². The van der Waals surface area contributed by atoms with Crippen LogP contribution >= 0.6 is 11.3 Å². The van der Waals surface area contributed by atoms with Crippen LogP contribution < -0.4 is 10.6 Å². The summed E-state index contributed by atoms with van der Waals surface area (Å²) in [5, 5.41) is 8.16. The number of carbonyl (C=O) groups excluding carboxylic acids is 1. The molecule has 2 N–H and O–H groups in total. The van der Waals surface area contributed by atoms with E-state index < -0.39 is 5.82 Å². The van der Waals surface area contributed by atoms with Gasteiger partial charge in [0.05, 0.1) is 15.9 Å². The average Bonchev–Trinajstić information content (AvgIpc) is 3.03. The Kier molecular flexibility index (Phi) is 4.83. The van der Waals surface area contributed by atoms with Gasteiger partial charge >= 0.3 is 0 Å². The molecule has 0 aliphatic heterocycles. The van der Waals surface area contributed by atoms with Crippen LogP contribution in [0.15, 0.2) is 48.0 Å². The summed E-state index contributed by atoms with van der Waals surface area (Å²) in [6.45, 7) is 1.27. The second-order valence-corrected chi connectivity index (χ2v) is 5.96. The van der Waals surface area contributed by atoms with E-state index in [4.69, 9.17) is 0 Å². The van der Waals surface area contributed by atoms with Crippen molar-refractivity contribution in [3.05, 3.63) is 59.4 Å². The maximum absolute atomic E-state index is 13.1. The summed E-state index contributed by atoms with van der Waals surface area (Å²) >= 11 is 1.65. The van der Waals surface area contributed by atoms with E-state index >= 15 is 0 Å². The third-order valence-corrected chi connectivity index (χ3v) is 4.32. The smallest absolute Gasteiger partial charge is 0.251 e. The van der Waals surface area contributed by atoms with E-state index in [2.05, 4.69) is 15.6 Å². The molecule has 1 amide bonds. The summed E-state index contributed by atoms with van der Waals surface area (Å²) in [5.41, 5.74) is 2.38. The molecular formula is C17H16FN3OS. The van der Waals surface area contributed by atoms with Gasteiger partial charge in [-0.3, -0.25) is 9.78 Å². The van der Waals surface area contributed by atoms with Gasteiger partial charge in [-0.1, -0.05) is 6.07 Å². The molecule has 6 heteroatoms. The molecule has 0 aliphatic rings. The van der Waals surface area contributed by atoms with Gasteiger partial charge in [-0.25, -0.2) is 4.39 Å². The molecule has 2 aromatic heterocycles. The number of halogens is 1. The van der Waals surface area contributed by atoms with Crippen LogP contribution in [0.5, 0.6) is 0 Å². The van der Waals surface area contributed by atoms with Crippen molar-refractivity contribution in [3.8, 4) is 0 Å². The number of carbonyl (C=O) groups is 1. The first-order chi connectivity index (χ1) is 11.2. The summed E-state index contributed by atoms with van der Waals surface area (Å²) in [5.74, 6) is -0.661. The van der Waals surface area contributed by atoms with Crippen molar-refractivity contribution in [3.63, 3.8) is 0 Å². The van der Waals surface area contributed by atoms with Crippen molar-refractivity contribution < 1.29 is 9.18 Å². The predicted molar refractivity (Wildman–Crippen MR) is 91.5 cm³/mol. The largest absolute Gasteiger partial charge is 0.384 e. The molecule has 0 bridgehead atoms. The van der Waals surface area contributed by atoms with Gasteiger partial charge in [0.1, 0.15) is 5.82 Å². The lowest BCUT2D eigenvalue weighted by molar-refractivity contribution is 0.0953. The fraction of sp³-hybridized carbons (Fsp3) is 0.176. The van der Waals surface area contributed by atoms with E-state index in [1.54, 1.807) is 23.6 Å². The van der Waals surface area contributed by atoms with Gasteiger partial charge in [0.2, 0.25) is 0 Å². The fourth-order valence-corrected chi connectivity index (χ4v) is 3.10. The number of benzene rings is 1. The molecule has 118 valence electrons. The zero-order valence-electron chi connectivity index (χ0n) is 12.4. The van der Waals surface area contributed by atoms with Crippen LogP contribution in [0.3, 0.4) is 0 Å². The number of rotatable bonds is 6. The van der Waals surface area contributed by atoms with Crippen molar-refractivity contribution in [2.75, 3.05) is 18.4 Å². The molecule has 1 aromatic carbocycles.